The molecule has 3 N–H and O–H groups in total. The molecule has 0 spiro atoms. The van der Waals surface area contributed by atoms with Crippen molar-refractivity contribution in [3.05, 3.63) is 16.1 Å². The van der Waals surface area contributed by atoms with Crippen LogP contribution in [0.1, 0.15) is 30.1 Å². The summed E-state index contributed by atoms with van der Waals surface area (Å²) in [5.41, 5.74) is 3.67. The van der Waals surface area contributed by atoms with Gasteiger partial charge in [0.25, 0.3) is 0 Å². The first-order valence-electron chi connectivity index (χ1n) is 4.73. The Morgan fingerprint density at radius 2 is 2.50 bits per heavy atom. The molecule has 4 nitrogen and oxygen atoms in total. The molecular weight excluding hydrogens is 198 g/mol. The normalized spacial score (nSPS) is 13.1. The molecule has 0 bridgehead atoms. The molecule has 5 heteroatoms. The second kappa shape index (κ2) is 6.08. The van der Waals surface area contributed by atoms with Gasteiger partial charge >= 0.3 is 0 Å². The second-order valence-electron chi connectivity index (χ2n) is 3.09. The lowest BCUT2D eigenvalue weighted by molar-refractivity contribution is 0.111. The number of rotatable bonds is 6. The van der Waals surface area contributed by atoms with Crippen molar-refractivity contribution in [2.45, 2.75) is 26.3 Å². The highest BCUT2D eigenvalue weighted by atomic mass is 32.1. The average molecular weight is 215 g/mol. The van der Waals surface area contributed by atoms with Crippen molar-refractivity contribution in [2.24, 2.45) is 5.84 Å². The van der Waals surface area contributed by atoms with Crippen LogP contribution in [0.5, 0.6) is 0 Å². The highest BCUT2D eigenvalue weighted by Crippen LogP contribution is 2.15. The minimum absolute atomic E-state index is 0.00602. The molecule has 0 radical (unpaired) electrons. The third-order valence-corrected chi connectivity index (χ3v) is 2.62. The summed E-state index contributed by atoms with van der Waals surface area (Å²) in [4.78, 5) is 4.36. The van der Waals surface area contributed by atoms with Gasteiger partial charge in [-0.2, -0.15) is 0 Å². The van der Waals surface area contributed by atoms with E-state index in [0.717, 1.165) is 23.7 Å². The summed E-state index contributed by atoms with van der Waals surface area (Å²) in [5.74, 6) is 5.43. The van der Waals surface area contributed by atoms with E-state index in [2.05, 4.69) is 17.3 Å². The molecule has 0 saturated heterocycles. The van der Waals surface area contributed by atoms with Crippen LogP contribution in [0.15, 0.2) is 5.38 Å². The van der Waals surface area contributed by atoms with Crippen LogP contribution in [-0.2, 0) is 4.74 Å². The molecule has 0 amide bonds. The molecule has 1 heterocycles. The van der Waals surface area contributed by atoms with Crippen LogP contribution in [0.4, 0.5) is 0 Å². The van der Waals surface area contributed by atoms with Crippen LogP contribution >= 0.6 is 11.3 Å². The SMILES string of the molecule is CCCOCC(NN)c1csc(C)n1. The van der Waals surface area contributed by atoms with E-state index in [1.807, 2.05) is 12.3 Å². The molecule has 1 aromatic rings. The topological polar surface area (TPSA) is 60.2 Å². The molecule has 1 aromatic heterocycles. The van der Waals surface area contributed by atoms with Crippen molar-refractivity contribution < 1.29 is 4.74 Å². The van der Waals surface area contributed by atoms with Gasteiger partial charge in [0.15, 0.2) is 0 Å². The highest BCUT2D eigenvalue weighted by Gasteiger charge is 2.12. The van der Waals surface area contributed by atoms with Crippen LogP contribution in [0.25, 0.3) is 0 Å². The zero-order valence-electron chi connectivity index (χ0n) is 8.62. The van der Waals surface area contributed by atoms with Crippen LogP contribution in [0, 0.1) is 6.92 Å². The zero-order chi connectivity index (χ0) is 10.4. The Hall–Kier alpha value is -0.490. The fraction of sp³-hybridized carbons (Fsp3) is 0.667. The molecule has 0 aromatic carbocycles. The second-order valence-corrected chi connectivity index (χ2v) is 4.15. The van der Waals surface area contributed by atoms with Gasteiger partial charge in [-0.3, -0.25) is 5.84 Å². The zero-order valence-corrected chi connectivity index (χ0v) is 9.43. The van der Waals surface area contributed by atoms with Gasteiger partial charge in [-0.25, -0.2) is 10.4 Å². The lowest BCUT2D eigenvalue weighted by atomic mass is 10.2. The molecule has 0 aliphatic heterocycles. The maximum absolute atomic E-state index is 5.43. The predicted molar refractivity (Wildman–Crippen MR) is 58.0 cm³/mol. The number of hydrogen-bond acceptors (Lipinski definition) is 5. The first-order chi connectivity index (χ1) is 6.77. The third-order valence-electron chi connectivity index (χ3n) is 1.83. The van der Waals surface area contributed by atoms with Crippen molar-refractivity contribution in [1.82, 2.24) is 10.4 Å². The number of nitrogens with zero attached hydrogens (tertiary/aromatic N) is 1. The number of aromatic nitrogens is 1. The van der Waals surface area contributed by atoms with Gasteiger partial charge in [0, 0.05) is 12.0 Å². The number of thiazole rings is 1. The molecule has 0 aliphatic carbocycles. The van der Waals surface area contributed by atoms with Crippen LogP contribution in [0.3, 0.4) is 0 Å². The summed E-state index contributed by atoms with van der Waals surface area (Å²) in [6.07, 6.45) is 1.02. The van der Waals surface area contributed by atoms with Crippen molar-refractivity contribution in [2.75, 3.05) is 13.2 Å². The lowest BCUT2D eigenvalue weighted by Crippen LogP contribution is -2.31. The van der Waals surface area contributed by atoms with Gasteiger partial charge in [0.05, 0.1) is 23.4 Å². The summed E-state index contributed by atoms with van der Waals surface area (Å²) in [7, 11) is 0. The number of nitrogens with two attached hydrogens (primary N) is 1. The Bertz CT molecular complexity index is 264. The minimum Gasteiger partial charge on any atom is -0.379 e. The Morgan fingerprint density at radius 3 is 3.00 bits per heavy atom. The quantitative estimate of drug-likeness (QED) is 0.427. The molecule has 0 saturated carbocycles. The molecule has 1 unspecified atom stereocenters. The number of ether oxygens (including phenoxy) is 1. The van der Waals surface area contributed by atoms with E-state index in [9.17, 15) is 0 Å². The summed E-state index contributed by atoms with van der Waals surface area (Å²) in [6, 6.07) is 0.00602. The summed E-state index contributed by atoms with van der Waals surface area (Å²) >= 11 is 1.63. The van der Waals surface area contributed by atoms with Gasteiger partial charge in [-0.05, 0) is 13.3 Å². The van der Waals surface area contributed by atoms with Gasteiger partial charge in [-0.1, -0.05) is 6.92 Å². The summed E-state index contributed by atoms with van der Waals surface area (Å²) < 4.78 is 5.42. The Labute approximate surface area is 88.5 Å². The minimum atomic E-state index is 0.00602. The third kappa shape index (κ3) is 3.34. The Morgan fingerprint density at radius 1 is 1.71 bits per heavy atom. The maximum atomic E-state index is 5.43. The molecule has 80 valence electrons. The van der Waals surface area contributed by atoms with Gasteiger partial charge in [0.2, 0.25) is 0 Å². The van der Waals surface area contributed by atoms with Crippen LogP contribution < -0.4 is 11.3 Å². The summed E-state index contributed by atoms with van der Waals surface area (Å²) in [5, 5.41) is 3.06. The molecule has 1 rings (SSSR count). The van der Waals surface area contributed by atoms with Crippen LogP contribution in [-0.4, -0.2) is 18.2 Å². The molecule has 1 atom stereocenters. The van der Waals surface area contributed by atoms with Crippen molar-refractivity contribution >= 4 is 11.3 Å². The number of hydrazine groups is 1. The first kappa shape index (κ1) is 11.6. The van der Waals surface area contributed by atoms with E-state index in [4.69, 9.17) is 10.6 Å². The van der Waals surface area contributed by atoms with Crippen LogP contribution in [0.2, 0.25) is 0 Å². The fourth-order valence-corrected chi connectivity index (χ4v) is 1.77. The van der Waals surface area contributed by atoms with E-state index < -0.39 is 0 Å². The smallest absolute Gasteiger partial charge is 0.0898 e. The highest BCUT2D eigenvalue weighted by molar-refractivity contribution is 7.09. The largest absolute Gasteiger partial charge is 0.379 e. The van der Waals surface area contributed by atoms with Gasteiger partial charge < -0.3 is 4.74 Å². The average Bonchev–Trinajstić information content (AvgIpc) is 2.60. The van der Waals surface area contributed by atoms with E-state index in [1.165, 1.54) is 0 Å². The van der Waals surface area contributed by atoms with Crippen molar-refractivity contribution in [3.63, 3.8) is 0 Å². The van der Waals surface area contributed by atoms with E-state index in [0.29, 0.717) is 6.61 Å². The van der Waals surface area contributed by atoms with E-state index in [1.54, 1.807) is 11.3 Å². The monoisotopic (exact) mass is 215 g/mol. The Kier molecular flexibility index (Phi) is 5.03. The predicted octanol–water partition coefficient (Wildman–Crippen LogP) is 1.38. The van der Waals surface area contributed by atoms with E-state index >= 15 is 0 Å². The van der Waals surface area contributed by atoms with E-state index in [-0.39, 0.29) is 6.04 Å². The molecular formula is C9H17N3OS. The maximum Gasteiger partial charge on any atom is 0.0898 e. The molecule has 0 aliphatic rings. The molecule has 14 heavy (non-hydrogen) atoms. The van der Waals surface area contributed by atoms with Gasteiger partial charge in [-0.15, -0.1) is 11.3 Å². The van der Waals surface area contributed by atoms with Gasteiger partial charge in [0.1, 0.15) is 0 Å². The van der Waals surface area contributed by atoms with Crippen molar-refractivity contribution in [1.29, 1.82) is 0 Å². The molecule has 0 fully saturated rings. The number of nitrogens with one attached hydrogen (secondary N) is 1. The summed E-state index contributed by atoms with van der Waals surface area (Å²) in [6.45, 7) is 5.40. The number of aryl methyl sites for hydroxylation is 1. The Balaban J connectivity index is 2.45. The standard InChI is InChI=1S/C9H17N3OS/c1-3-4-13-5-8(12-10)9-6-14-7(2)11-9/h6,8,12H,3-5,10H2,1-2H3. The van der Waals surface area contributed by atoms with Crippen molar-refractivity contribution in [3.8, 4) is 0 Å². The number of hydrogen-bond donors (Lipinski definition) is 2. The lowest BCUT2D eigenvalue weighted by Gasteiger charge is -2.13. The fourth-order valence-electron chi connectivity index (χ4n) is 1.10. The first-order valence-corrected chi connectivity index (χ1v) is 5.61.